The molecule has 0 aliphatic rings. The second kappa shape index (κ2) is 5.21. The summed E-state index contributed by atoms with van der Waals surface area (Å²) < 4.78 is 51.1. The minimum Gasteiger partial charge on any atom is -0.252 e. The van der Waals surface area contributed by atoms with Crippen LogP contribution in [0.3, 0.4) is 0 Å². The molecule has 0 saturated carbocycles. The van der Waals surface area contributed by atoms with Gasteiger partial charge in [0.05, 0.1) is 28.0 Å². The van der Waals surface area contributed by atoms with Crippen LogP contribution in [0.2, 0.25) is 5.02 Å². The fourth-order valence-corrected chi connectivity index (χ4v) is 2.25. The summed E-state index contributed by atoms with van der Waals surface area (Å²) in [6, 6.07) is 7.23. The summed E-state index contributed by atoms with van der Waals surface area (Å²) in [6.07, 6.45) is -3.18. The predicted octanol–water partition coefficient (Wildman–Crippen LogP) is 5.11. The Balaban J connectivity index is 2.15. The van der Waals surface area contributed by atoms with Gasteiger partial charge in [-0.15, -0.1) is 0 Å². The lowest BCUT2D eigenvalue weighted by Crippen LogP contribution is -2.05. The van der Waals surface area contributed by atoms with E-state index in [9.17, 15) is 17.6 Å². The van der Waals surface area contributed by atoms with Gasteiger partial charge in [-0.05, 0) is 36.4 Å². The average Bonchev–Trinajstić information content (AvgIpc) is 2.47. The maximum absolute atomic E-state index is 12.9. The lowest BCUT2D eigenvalue weighted by Gasteiger charge is -2.09. The molecule has 0 bridgehead atoms. The number of rotatable bonds is 1. The zero-order valence-corrected chi connectivity index (χ0v) is 11.6. The van der Waals surface area contributed by atoms with Crippen LogP contribution in [0.25, 0.3) is 22.3 Å². The SMILES string of the molecule is Fc1ccc(-c2cnc3cc(C(F)(F)F)cc(Cl)c3n2)cc1. The van der Waals surface area contributed by atoms with Crippen LogP contribution in [0, 0.1) is 5.82 Å². The van der Waals surface area contributed by atoms with Gasteiger partial charge in [0.25, 0.3) is 0 Å². The summed E-state index contributed by atoms with van der Waals surface area (Å²) in [5, 5.41) is -0.138. The Morgan fingerprint density at radius 3 is 2.32 bits per heavy atom. The van der Waals surface area contributed by atoms with Crippen LogP contribution in [-0.4, -0.2) is 9.97 Å². The van der Waals surface area contributed by atoms with Crippen LogP contribution < -0.4 is 0 Å². The molecule has 22 heavy (non-hydrogen) atoms. The molecule has 0 fully saturated rings. The number of nitrogens with zero attached hydrogens (tertiary/aromatic N) is 2. The number of benzene rings is 2. The molecule has 0 radical (unpaired) electrons. The van der Waals surface area contributed by atoms with Crippen LogP contribution in [0.1, 0.15) is 5.56 Å². The van der Waals surface area contributed by atoms with Gasteiger partial charge in [0.2, 0.25) is 0 Å². The molecule has 2 aromatic carbocycles. The molecule has 7 heteroatoms. The molecule has 0 unspecified atom stereocenters. The minimum atomic E-state index is -4.50. The van der Waals surface area contributed by atoms with Crippen molar-refractivity contribution in [3.8, 4) is 11.3 Å². The van der Waals surface area contributed by atoms with E-state index in [1.165, 1.54) is 30.5 Å². The second-order valence-corrected chi connectivity index (χ2v) is 4.99. The van der Waals surface area contributed by atoms with Gasteiger partial charge in [0, 0.05) is 5.56 Å². The van der Waals surface area contributed by atoms with E-state index in [4.69, 9.17) is 11.6 Å². The maximum atomic E-state index is 12.9. The lowest BCUT2D eigenvalue weighted by atomic mass is 10.1. The molecule has 0 atom stereocenters. The second-order valence-electron chi connectivity index (χ2n) is 4.59. The molecule has 0 amide bonds. The van der Waals surface area contributed by atoms with Crippen molar-refractivity contribution < 1.29 is 17.6 Å². The van der Waals surface area contributed by atoms with Crippen molar-refractivity contribution in [3.05, 3.63) is 59.0 Å². The first-order valence-electron chi connectivity index (χ1n) is 6.14. The van der Waals surface area contributed by atoms with Crippen molar-refractivity contribution in [1.29, 1.82) is 0 Å². The Hall–Kier alpha value is -2.21. The number of hydrogen-bond donors (Lipinski definition) is 0. The first-order chi connectivity index (χ1) is 10.3. The zero-order valence-electron chi connectivity index (χ0n) is 10.8. The topological polar surface area (TPSA) is 25.8 Å². The van der Waals surface area contributed by atoms with Gasteiger partial charge in [0.1, 0.15) is 11.3 Å². The van der Waals surface area contributed by atoms with Crippen molar-refractivity contribution in [3.63, 3.8) is 0 Å². The molecule has 0 spiro atoms. The van der Waals surface area contributed by atoms with Crippen molar-refractivity contribution >= 4 is 22.6 Å². The summed E-state index contributed by atoms with van der Waals surface area (Å²) in [4.78, 5) is 8.19. The van der Waals surface area contributed by atoms with E-state index >= 15 is 0 Å². The summed E-state index contributed by atoms with van der Waals surface area (Å²) in [5.41, 5.74) is 0.317. The summed E-state index contributed by atoms with van der Waals surface area (Å²) in [5.74, 6) is -0.398. The van der Waals surface area contributed by atoms with E-state index in [1.54, 1.807) is 0 Å². The molecule has 112 valence electrons. The van der Waals surface area contributed by atoms with Crippen LogP contribution in [0.15, 0.2) is 42.6 Å². The van der Waals surface area contributed by atoms with Crippen molar-refractivity contribution in [2.24, 2.45) is 0 Å². The predicted molar refractivity (Wildman–Crippen MR) is 74.9 cm³/mol. The van der Waals surface area contributed by atoms with Crippen molar-refractivity contribution in [2.75, 3.05) is 0 Å². The van der Waals surface area contributed by atoms with E-state index in [-0.39, 0.29) is 16.1 Å². The number of alkyl halides is 3. The summed E-state index contributed by atoms with van der Waals surface area (Å²) in [7, 11) is 0. The Kier molecular flexibility index (Phi) is 3.48. The molecule has 0 saturated heterocycles. The molecule has 2 nitrogen and oxygen atoms in total. The fourth-order valence-electron chi connectivity index (χ4n) is 2.00. The van der Waals surface area contributed by atoms with E-state index in [1.807, 2.05) is 0 Å². The van der Waals surface area contributed by atoms with E-state index < -0.39 is 17.6 Å². The lowest BCUT2D eigenvalue weighted by molar-refractivity contribution is -0.137. The maximum Gasteiger partial charge on any atom is 0.416 e. The monoisotopic (exact) mass is 326 g/mol. The van der Waals surface area contributed by atoms with Crippen molar-refractivity contribution in [1.82, 2.24) is 9.97 Å². The van der Waals surface area contributed by atoms with Gasteiger partial charge in [-0.25, -0.2) is 9.37 Å². The highest BCUT2D eigenvalue weighted by atomic mass is 35.5. The third kappa shape index (κ3) is 2.74. The molecule has 1 aromatic heterocycles. The Labute approximate surface area is 127 Å². The van der Waals surface area contributed by atoms with Crippen LogP contribution >= 0.6 is 11.6 Å². The van der Waals surface area contributed by atoms with Gasteiger partial charge >= 0.3 is 6.18 Å². The first kappa shape index (κ1) is 14.7. The van der Waals surface area contributed by atoms with Crippen molar-refractivity contribution in [2.45, 2.75) is 6.18 Å². The Morgan fingerprint density at radius 2 is 1.68 bits per heavy atom. The first-order valence-corrected chi connectivity index (χ1v) is 6.52. The van der Waals surface area contributed by atoms with E-state index in [0.717, 1.165) is 12.1 Å². The van der Waals surface area contributed by atoms with Crippen LogP contribution in [-0.2, 0) is 6.18 Å². The summed E-state index contributed by atoms with van der Waals surface area (Å²) in [6.45, 7) is 0. The highest BCUT2D eigenvalue weighted by molar-refractivity contribution is 6.35. The zero-order chi connectivity index (χ0) is 15.9. The fraction of sp³-hybridized carbons (Fsp3) is 0.0667. The molecule has 0 aliphatic heterocycles. The van der Waals surface area contributed by atoms with E-state index in [0.29, 0.717) is 11.3 Å². The Bertz CT molecular complexity index is 845. The van der Waals surface area contributed by atoms with Gasteiger partial charge < -0.3 is 0 Å². The number of fused-ring (bicyclic) bond motifs is 1. The smallest absolute Gasteiger partial charge is 0.252 e. The largest absolute Gasteiger partial charge is 0.416 e. The molecular formula is C15H7ClF4N2. The highest BCUT2D eigenvalue weighted by Crippen LogP contribution is 2.34. The minimum absolute atomic E-state index is 0.0469. The molecule has 3 aromatic rings. The quantitative estimate of drug-likeness (QED) is 0.581. The van der Waals surface area contributed by atoms with E-state index in [2.05, 4.69) is 9.97 Å². The average molecular weight is 327 g/mol. The van der Waals surface area contributed by atoms with Crippen LogP contribution in [0.5, 0.6) is 0 Å². The van der Waals surface area contributed by atoms with Gasteiger partial charge in [-0.1, -0.05) is 11.6 Å². The third-order valence-electron chi connectivity index (χ3n) is 3.07. The normalized spacial score (nSPS) is 11.9. The molecular weight excluding hydrogens is 320 g/mol. The Morgan fingerprint density at radius 1 is 1.00 bits per heavy atom. The molecule has 1 heterocycles. The molecule has 0 N–H and O–H groups in total. The van der Waals surface area contributed by atoms with Crippen LogP contribution in [0.4, 0.5) is 17.6 Å². The summed E-state index contributed by atoms with van der Waals surface area (Å²) >= 11 is 5.89. The standard InChI is InChI=1S/C15H7ClF4N2/c16-11-5-9(15(18,19)20)6-12-14(11)22-13(7-21-12)8-1-3-10(17)4-2-8/h1-7H. The van der Waals surface area contributed by atoms with Gasteiger partial charge in [-0.2, -0.15) is 13.2 Å². The molecule has 0 aliphatic carbocycles. The number of halogens is 5. The van der Waals surface area contributed by atoms with Gasteiger partial charge in [-0.3, -0.25) is 4.98 Å². The number of hydrogen-bond acceptors (Lipinski definition) is 2. The van der Waals surface area contributed by atoms with Gasteiger partial charge in [0.15, 0.2) is 0 Å². The number of aromatic nitrogens is 2. The highest BCUT2D eigenvalue weighted by Gasteiger charge is 2.31. The molecule has 3 rings (SSSR count). The third-order valence-corrected chi connectivity index (χ3v) is 3.36.